The second kappa shape index (κ2) is 6.10. The van der Waals surface area contributed by atoms with Gasteiger partial charge in [-0.2, -0.15) is 0 Å². The molecule has 0 heterocycles. The Morgan fingerprint density at radius 2 is 1.50 bits per heavy atom. The van der Waals surface area contributed by atoms with Gasteiger partial charge in [0.2, 0.25) is 0 Å². The van der Waals surface area contributed by atoms with E-state index in [4.69, 9.17) is 10.5 Å². The van der Waals surface area contributed by atoms with E-state index in [1.807, 2.05) is 25.1 Å². The lowest BCUT2D eigenvalue weighted by Crippen LogP contribution is -2.23. The second-order valence-electron chi connectivity index (χ2n) is 5.68. The molecule has 20 heavy (non-hydrogen) atoms. The standard InChI is InChI=1S/C18H23NO/c1-14(13-19)20-17-11-9-16(10-12-17)18(2,3)15-7-5-4-6-8-15/h4-12,14H,13,19H2,1-3H3. The predicted octanol–water partition coefficient (Wildman–Crippen LogP) is 3.74. The molecule has 2 heteroatoms. The van der Waals surface area contributed by atoms with Gasteiger partial charge in [0.05, 0.1) is 0 Å². The molecule has 106 valence electrons. The quantitative estimate of drug-likeness (QED) is 0.897. The molecule has 1 atom stereocenters. The van der Waals surface area contributed by atoms with Crippen LogP contribution in [0.1, 0.15) is 31.9 Å². The maximum Gasteiger partial charge on any atom is 0.119 e. The van der Waals surface area contributed by atoms with Crippen molar-refractivity contribution in [2.45, 2.75) is 32.3 Å². The van der Waals surface area contributed by atoms with Gasteiger partial charge >= 0.3 is 0 Å². The minimum Gasteiger partial charge on any atom is -0.489 e. The highest BCUT2D eigenvalue weighted by molar-refractivity contribution is 5.39. The van der Waals surface area contributed by atoms with Gasteiger partial charge in [-0.1, -0.05) is 56.3 Å². The van der Waals surface area contributed by atoms with Gasteiger partial charge in [-0.3, -0.25) is 0 Å². The molecule has 2 nitrogen and oxygen atoms in total. The van der Waals surface area contributed by atoms with E-state index in [1.165, 1.54) is 11.1 Å². The van der Waals surface area contributed by atoms with Crippen LogP contribution in [0.4, 0.5) is 0 Å². The smallest absolute Gasteiger partial charge is 0.119 e. The van der Waals surface area contributed by atoms with Crippen LogP contribution in [0.2, 0.25) is 0 Å². The zero-order valence-corrected chi connectivity index (χ0v) is 12.5. The molecule has 2 N–H and O–H groups in total. The minimum absolute atomic E-state index is 0.0146. The first kappa shape index (κ1) is 14.6. The van der Waals surface area contributed by atoms with Gasteiger partial charge in [-0.05, 0) is 30.2 Å². The molecule has 2 aromatic carbocycles. The van der Waals surface area contributed by atoms with E-state index in [-0.39, 0.29) is 11.5 Å². The van der Waals surface area contributed by atoms with E-state index < -0.39 is 0 Å². The van der Waals surface area contributed by atoms with Crippen LogP contribution >= 0.6 is 0 Å². The summed E-state index contributed by atoms with van der Waals surface area (Å²) in [5, 5.41) is 0. The van der Waals surface area contributed by atoms with Crippen LogP contribution in [0.15, 0.2) is 54.6 Å². The average Bonchev–Trinajstić information content (AvgIpc) is 2.48. The van der Waals surface area contributed by atoms with Gasteiger partial charge in [0.1, 0.15) is 11.9 Å². The van der Waals surface area contributed by atoms with Crippen molar-refractivity contribution >= 4 is 0 Å². The molecule has 0 saturated carbocycles. The summed E-state index contributed by atoms with van der Waals surface area (Å²) >= 11 is 0. The topological polar surface area (TPSA) is 35.2 Å². The first-order valence-electron chi connectivity index (χ1n) is 7.07. The van der Waals surface area contributed by atoms with E-state index in [0.29, 0.717) is 6.54 Å². The van der Waals surface area contributed by atoms with Crippen LogP contribution in [0.5, 0.6) is 5.75 Å². The normalized spacial score (nSPS) is 13.0. The van der Waals surface area contributed by atoms with Crippen LogP contribution in [0.3, 0.4) is 0 Å². The summed E-state index contributed by atoms with van der Waals surface area (Å²) in [6.45, 7) is 6.97. The van der Waals surface area contributed by atoms with Gasteiger partial charge in [0.15, 0.2) is 0 Å². The van der Waals surface area contributed by atoms with E-state index in [2.05, 4.69) is 50.2 Å². The molecule has 2 aromatic rings. The monoisotopic (exact) mass is 269 g/mol. The lowest BCUT2D eigenvalue weighted by Gasteiger charge is -2.26. The van der Waals surface area contributed by atoms with Crippen molar-refractivity contribution in [2.75, 3.05) is 6.54 Å². The maximum atomic E-state index is 5.71. The Morgan fingerprint density at radius 1 is 0.950 bits per heavy atom. The van der Waals surface area contributed by atoms with Crippen molar-refractivity contribution in [3.05, 3.63) is 65.7 Å². The molecule has 0 aliphatic carbocycles. The molecule has 0 spiro atoms. The number of hydrogen-bond acceptors (Lipinski definition) is 2. The third kappa shape index (κ3) is 3.20. The Morgan fingerprint density at radius 3 is 2.05 bits per heavy atom. The summed E-state index contributed by atoms with van der Waals surface area (Å²) in [7, 11) is 0. The zero-order valence-electron chi connectivity index (χ0n) is 12.5. The van der Waals surface area contributed by atoms with E-state index in [9.17, 15) is 0 Å². The molecule has 0 amide bonds. The second-order valence-corrected chi connectivity index (χ2v) is 5.68. The van der Waals surface area contributed by atoms with Crippen LogP contribution < -0.4 is 10.5 Å². The first-order valence-corrected chi connectivity index (χ1v) is 7.07. The number of ether oxygens (including phenoxy) is 1. The summed E-state index contributed by atoms with van der Waals surface area (Å²) in [5.41, 5.74) is 8.14. The summed E-state index contributed by atoms with van der Waals surface area (Å²) in [6.07, 6.45) is 0.0444. The van der Waals surface area contributed by atoms with Crippen molar-refractivity contribution in [3.8, 4) is 5.75 Å². The number of nitrogens with two attached hydrogens (primary N) is 1. The number of hydrogen-bond donors (Lipinski definition) is 1. The average molecular weight is 269 g/mol. The fourth-order valence-electron chi connectivity index (χ4n) is 2.25. The summed E-state index contributed by atoms with van der Waals surface area (Å²) in [6, 6.07) is 18.8. The lowest BCUT2D eigenvalue weighted by atomic mass is 9.78. The number of benzene rings is 2. The van der Waals surface area contributed by atoms with Crippen molar-refractivity contribution < 1.29 is 4.74 Å². The Hall–Kier alpha value is -1.80. The third-order valence-corrected chi connectivity index (χ3v) is 3.74. The van der Waals surface area contributed by atoms with Gasteiger partial charge in [-0.25, -0.2) is 0 Å². The summed E-state index contributed by atoms with van der Waals surface area (Å²) in [5.74, 6) is 0.871. The van der Waals surface area contributed by atoms with Gasteiger partial charge in [-0.15, -0.1) is 0 Å². The summed E-state index contributed by atoms with van der Waals surface area (Å²) < 4.78 is 5.71. The molecule has 0 bridgehead atoms. The molecule has 0 aliphatic heterocycles. The molecule has 2 rings (SSSR count). The highest BCUT2D eigenvalue weighted by Gasteiger charge is 2.22. The van der Waals surface area contributed by atoms with Crippen molar-refractivity contribution in [1.82, 2.24) is 0 Å². The molecule has 0 radical (unpaired) electrons. The summed E-state index contributed by atoms with van der Waals surface area (Å²) in [4.78, 5) is 0. The third-order valence-electron chi connectivity index (χ3n) is 3.74. The van der Waals surface area contributed by atoms with Crippen LogP contribution in [-0.2, 0) is 5.41 Å². The molecule has 1 unspecified atom stereocenters. The Balaban J connectivity index is 2.21. The Kier molecular flexibility index (Phi) is 4.46. The van der Waals surface area contributed by atoms with Crippen molar-refractivity contribution in [3.63, 3.8) is 0 Å². The Labute approximate surface area is 121 Å². The fraction of sp³-hybridized carbons (Fsp3) is 0.333. The van der Waals surface area contributed by atoms with Crippen molar-refractivity contribution in [1.29, 1.82) is 0 Å². The SMILES string of the molecule is CC(CN)Oc1ccc(C(C)(C)c2ccccc2)cc1. The highest BCUT2D eigenvalue weighted by Crippen LogP contribution is 2.32. The molecule has 0 saturated heterocycles. The van der Waals surface area contributed by atoms with Gasteiger partial charge in [0.25, 0.3) is 0 Å². The molecule has 0 aromatic heterocycles. The lowest BCUT2D eigenvalue weighted by molar-refractivity contribution is 0.230. The van der Waals surface area contributed by atoms with Crippen molar-refractivity contribution in [2.24, 2.45) is 5.73 Å². The van der Waals surface area contributed by atoms with Gasteiger partial charge in [0, 0.05) is 12.0 Å². The predicted molar refractivity (Wildman–Crippen MR) is 84.2 cm³/mol. The molecule has 0 aliphatic rings. The van der Waals surface area contributed by atoms with Crippen LogP contribution in [0, 0.1) is 0 Å². The highest BCUT2D eigenvalue weighted by atomic mass is 16.5. The van der Waals surface area contributed by atoms with E-state index in [1.54, 1.807) is 0 Å². The molecular weight excluding hydrogens is 246 g/mol. The Bertz CT molecular complexity index is 531. The largest absolute Gasteiger partial charge is 0.489 e. The minimum atomic E-state index is -0.0146. The first-order chi connectivity index (χ1) is 9.54. The van der Waals surface area contributed by atoms with E-state index >= 15 is 0 Å². The molecular formula is C18H23NO. The number of rotatable bonds is 5. The molecule has 0 fully saturated rings. The van der Waals surface area contributed by atoms with Crippen LogP contribution in [0.25, 0.3) is 0 Å². The maximum absolute atomic E-state index is 5.71. The van der Waals surface area contributed by atoms with Gasteiger partial charge < -0.3 is 10.5 Å². The zero-order chi connectivity index (χ0) is 14.6. The van der Waals surface area contributed by atoms with Crippen LogP contribution in [-0.4, -0.2) is 12.6 Å². The van der Waals surface area contributed by atoms with E-state index in [0.717, 1.165) is 5.75 Å². The fourth-order valence-corrected chi connectivity index (χ4v) is 2.25.